The van der Waals surface area contributed by atoms with Gasteiger partial charge in [-0.2, -0.15) is 10.2 Å². The Morgan fingerprint density at radius 1 is 1.46 bits per heavy atom. The first kappa shape index (κ1) is 7.60. The third kappa shape index (κ3) is 1.31. The van der Waals surface area contributed by atoms with E-state index in [2.05, 4.69) is 15.2 Å². The number of aromatic carboxylic acids is 1. The van der Waals surface area contributed by atoms with Crippen LogP contribution in [0.1, 0.15) is 10.5 Å². The number of aromatic nitrogens is 3. The summed E-state index contributed by atoms with van der Waals surface area (Å²) in [6, 6.07) is 3.12. The highest BCUT2D eigenvalue weighted by atomic mass is 16.4. The molecule has 0 fully saturated rings. The zero-order chi connectivity index (χ0) is 9.26. The van der Waals surface area contributed by atoms with Crippen LogP contribution in [-0.2, 0) is 0 Å². The summed E-state index contributed by atoms with van der Waals surface area (Å²) in [7, 11) is 0. The molecule has 0 bridgehead atoms. The zero-order valence-electron chi connectivity index (χ0n) is 6.51. The Kier molecular flexibility index (Phi) is 1.63. The zero-order valence-corrected chi connectivity index (χ0v) is 6.51. The van der Waals surface area contributed by atoms with Crippen molar-refractivity contribution in [3.63, 3.8) is 0 Å². The number of hydrogen-bond donors (Lipinski definition) is 1. The molecule has 2 rings (SSSR count). The van der Waals surface area contributed by atoms with Crippen LogP contribution in [0, 0.1) is 0 Å². The van der Waals surface area contributed by atoms with Crippen LogP contribution in [0.15, 0.2) is 24.5 Å². The van der Waals surface area contributed by atoms with Crippen molar-refractivity contribution in [2.45, 2.75) is 0 Å². The molecule has 64 valence electrons. The van der Waals surface area contributed by atoms with E-state index >= 15 is 0 Å². The molecule has 1 N–H and O–H groups in total. The summed E-state index contributed by atoms with van der Waals surface area (Å²) in [6.07, 6.45) is 3.00. The van der Waals surface area contributed by atoms with Gasteiger partial charge in [-0.15, -0.1) is 0 Å². The molecule has 0 spiro atoms. The van der Waals surface area contributed by atoms with E-state index in [0.717, 1.165) is 5.39 Å². The van der Waals surface area contributed by atoms with Crippen LogP contribution in [0.2, 0.25) is 0 Å². The van der Waals surface area contributed by atoms with Gasteiger partial charge in [0, 0.05) is 11.6 Å². The van der Waals surface area contributed by atoms with Crippen LogP contribution in [0.25, 0.3) is 10.9 Å². The summed E-state index contributed by atoms with van der Waals surface area (Å²) in [4.78, 5) is 14.3. The SMILES string of the molecule is O=C(O)c1cc2nnccc2cn1. The van der Waals surface area contributed by atoms with E-state index in [1.807, 2.05) is 0 Å². The molecule has 0 atom stereocenters. The topological polar surface area (TPSA) is 76.0 Å². The third-order valence-corrected chi connectivity index (χ3v) is 1.62. The molecule has 0 saturated carbocycles. The first-order valence-corrected chi connectivity index (χ1v) is 3.58. The largest absolute Gasteiger partial charge is 0.477 e. The van der Waals surface area contributed by atoms with Gasteiger partial charge in [-0.25, -0.2) is 9.78 Å². The van der Waals surface area contributed by atoms with E-state index in [9.17, 15) is 4.79 Å². The van der Waals surface area contributed by atoms with E-state index in [1.165, 1.54) is 18.5 Å². The minimum Gasteiger partial charge on any atom is -0.477 e. The minimum atomic E-state index is -1.06. The lowest BCUT2D eigenvalue weighted by Crippen LogP contribution is -1.99. The van der Waals surface area contributed by atoms with Gasteiger partial charge in [0.1, 0.15) is 5.69 Å². The Balaban J connectivity index is 2.69. The molecule has 0 saturated heterocycles. The van der Waals surface area contributed by atoms with Gasteiger partial charge < -0.3 is 5.11 Å². The molecule has 5 heteroatoms. The second-order valence-electron chi connectivity index (χ2n) is 2.46. The summed E-state index contributed by atoms with van der Waals surface area (Å²) in [5, 5.41) is 16.8. The maximum atomic E-state index is 10.5. The predicted octanol–water partition coefficient (Wildman–Crippen LogP) is 0.723. The van der Waals surface area contributed by atoms with Gasteiger partial charge in [-0.1, -0.05) is 0 Å². The fourth-order valence-electron chi connectivity index (χ4n) is 0.996. The molecule has 13 heavy (non-hydrogen) atoms. The standard InChI is InChI=1S/C8H5N3O2/c12-8(13)7-3-6-5(4-9-7)1-2-10-11-6/h1-4H,(H,12,13). The van der Waals surface area contributed by atoms with Gasteiger partial charge in [0.2, 0.25) is 0 Å². The predicted molar refractivity (Wildman–Crippen MR) is 44.3 cm³/mol. The maximum Gasteiger partial charge on any atom is 0.354 e. The molecular weight excluding hydrogens is 170 g/mol. The van der Waals surface area contributed by atoms with Crippen LogP contribution in [0.4, 0.5) is 0 Å². The van der Waals surface area contributed by atoms with Gasteiger partial charge in [0.05, 0.1) is 11.7 Å². The van der Waals surface area contributed by atoms with Crippen LogP contribution in [0.3, 0.4) is 0 Å². The highest BCUT2D eigenvalue weighted by Gasteiger charge is 2.05. The molecule has 0 aromatic carbocycles. The summed E-state index contributed by atoms with van der Waals surface area (Å²) in [5.41, 5.74) is 0.517. The maximum absolute atomic E-state index is 10.5. The Hall–Kier alpha value is -2.04. The number of pyridine rings is 1. The number of carbonyl (C=O) groups is 1. The van der Waals surface area contributed by atoms with Crippen LogP contribution in [-0.4, -0.2) is 26.3 Å². The van der Waals surface area contributed by atoms with Crippen molar-refractivity contribution in [1.29, 1.82) is 0 Å². The smallest absolute Gasteiger partial charge is 0.354 e. The van der Waals surface area contributed by atoms with Crippen molar-refractivity contribution in [1.82, 2.24) is 15.2 Å². The summed E-state index contributed by atoms with van der Waals surface area (Å²) in [6.45, 7) is 0. The molecule has 0 aliphatic carbocycles. The number of carboxylic acid groups (broad SMARTS) is 1. The second-order valence-corrected chi connectivity index (χ2v) is 2.46. The van der Waals surface area contributed by atoms with Crippen molar-refractivity contribution in [2.24, 2.45) is 0 Å². The number of fused-ring (bicyclic) bond motifs is 1. The van der Waals surface area contributed by atoms with E-state index < -0.39 is 5.97 Å². The van der Waals surface area contributed by atoms with Crippen molar-refractivity contribution in [2.75, 3.05) is 0 Å². The van der Waals surface area contributed by atoms with Crippen molar-refractivity contribution < 1.29 is 9.90 Å². The highest BCUT2D eigenvalue weighted by molar-refractivity contribution is 5.90. The van der Waals surface area contributed by atoms with E-state index in [-0.39, 0.29) is 5.69 Å². The van der Waals surface area contributed by atoms with E-state index in [0.29, 0.717) is 5.52 Å². The molecule has 0 aliphatic rings. The molecule has 5 nitrogen and oxygen atoms in total. The van der Waals surface area contributed by atoms with Gasteiger partial charge in [0.15, 0.2) is 0 Å². The van der Waals surface area contributed by atoms with Crippen molar-refractivity contribution in [3.05, 3.63) is 30.2 Å². The average molecular weight is 175 g/mol. The Bertz CT molecular complexity index is 470. The molecule has 2 aromatic rings. The van der Waals surface area contributed by atoms with Crippen LogP contribution < -0.4 is 0 Å². The first-order valence-electron chi connectivity index (χ1n) is 3.58. The number of hydrogen-bond acceptors (Lipinski definition) is 4. The molecule has 0 amide bonds. The van der Waals surface area contributed by atoms with Crippen LogP contribution >= 0.6 is 0 Å². The first-order chi connectivity index (χ1) is 6.27. The lowest BCUT2D eigenvalue weighted by Gasteiger charge is -1.95. The molecule has 0 unspecified atom stereocenters. The molecule has 0 radical (unpaired) electrons. The Labute approximate surface area is 73.1 Å². The number of nitrogens with zero attached hydrogens (tertiary/aromatic N) is 3. The average Bonchev–Trinajstić information content (AvgIpc) is 2.17. The normalized spacial score (nSPS) is 10.2. The van der Waals surface area contributed by atoms with Gasteiger partial charge >= 0.3 is 5.97 Å². The van der Waals surface area contributed by atoms with E-state index in [1.54, 1.807) is 6.07 Å². The lowest BCUT2D eigenvalue weighted by molar-refractivity contribution is 0.0690. The summed E-state index contributed by atoms with van der Waals surface area (Å²) < 4.78 is 0. The monoisotopic (exact) mass is 175 g/mol. The van der Waals surface area contributed by atoms with Crippen molar-refractivity contribution in [3.8, 4) is 0 Å². The molecular formula is C8H5N3O2. The minimum absolute atomic E-state index is 0.0204. The summed E-state index contributed by atoms with van der Waals surface area (Å²) >= 11 is 0. The fourth-order valence-corrected chi connectivity index (χ4v) is 0.996. The second kappa shape index (κ2) is 2.78. The Morgan fingerprint density at radius 2 is 2.31 bits per heavy atom. The molecule has 2 aromatic heterocycles. The number of rotatable bonds is 1. The van der Waals surface area contributed by atoms with E-state index in [4.69, 9.17) is 5.11 Å². The fraction of sp³-hybridized carbons (Fsp3) is 0. The van der Waals surface area contributed by atoms with Gasteiger partial charge in [-0.3, -0.25) is 0 Å². The molecule has 2 heterocycles. The van der Waals surface area contributed by atoms with Crippen LogP contribution in [0.5, 0.6) is 0 Å². The highest BCUT2D eigenvalue weighted by Crippen LogP contribution is 2.08. The Morgan fingerprint density at radius 3 is 3.08 bits per heavy atom. The number of carboxylic acids is 1. The van der Waals surface area contributed by atoms with Crippen molar-refractivity contribution >= 4 is 16.9 Å². The lowest BCUT2D eigenvalue weighted by atomic mass is 10.2. The quantitative estimate of drug-likeness (QED) is 0.691. The van der Waals surface area contributed by atoms with Gasteiger partial charge in [-0.05, 0) is 12.1 Å². The third-order valence-electron chi connectivity index (χ3n) is 1.62. The summed E-state index contributed by atoms with van der Waals surface area (Å²) in [5.74, 6) is -1.06. The molecule has 0 aliphatic heterocycles. The van der Waals surface area contributed by atoms with Gasteiger partial charge in [0.25, 0.3) is 0 Å².